The largest absolute Gasteiger partial charge is 0.481 e. The fourth-order valence-corrected chi connectivity index (χ4v) is 5.33. The van der Waals surface area contributed by atoms with E-state index in [-0.39, 0.29) is 6.73 Å². The second kappa shape index (κ2) is 15.2. The standard InChI is InChI=1S/C31H46N6O5Si/c1-8-9-25(29(38)39)26(28-34-35-36-37(28)21-41-16-17-43(5,6)7)18-23-12-15-27(32-20-23)24-13-10-22(11-14-24)19-33-30(40)42-31(2,3)4/h10-15,20,25-26H,8-9,16-19,21H2,1-7H3,(H,33,40)(H,38,39)/t25?,26-/m0/s1. The predicted octanol–water partition coefficient (Wildman–Crippen LogP) is 5.90. The summed E-state index contributed by atoms with van der Waals surface area (Å²) in [4.78, 5) is 29.0. The highest BCUT2D eigenvalue weighted by Crippen LogP contribution is 2.31. The van der Waals surface area contributed by atoms with Crippen molar-refractivity contribution >= 4 is 20.1 Å². The Morgan fingerprint density at radius 1 is 1.07 bits per heavy atom. The number of nitrogens with one attached hydrogen (secondary N) is 1. The van der Waals surface area contributed by atoms with E-state index in [1.165, 1.54) is 0 Å². The Labute approximate surface area is 255 Å². The minimum Gasteiger partial charge on any atom is -0.481 e. The maximum absolute atomic E-state index is 12.4. The molecule has 3 rings (SSSR count). The number of hydrogen-bond acceptors (Lipinski definition) is 8. The van der Waals surface area contributed by atoms with Crippen LogP contribution in [0, 0.1) is 5.92 Å². The molecule has 0 radical (unpaired) electrons. The Bertz CT molecular complexity index is 1320. The molecule has 11 nitrogen and oxygen atoms in total. The molecule has 0 aliphatic heterocycles. The number of hydrogen-bond donors (Lipinski definition) is 2. The zero-order valence-corrected chi connectivity index (χ0v) is 27.5. The van der Waals surface area contributed by atoms with E-state index in [0.717, 1.165) is 34.8 Å². The molecule has 234 valence electrons. The van der Waals surface area contributed by atoms with Crippen LogP contribution >= 0.6 is 0 Å². The zero-order valence-electron chi connectivity index (χ0n) is 26.5. The Balaban J connectivity index is 1.72. The van der Waals surface area contributed by atoms with E-state index in [2.05, 4.69) is 45.5 Å². The van der Waals surface area contributed by atoms with Gasteiger partial charge in [-0.25, -0.2) is 9.48 Å². The van der Waals surface area contributed by atoms with Gasteiger partial charge in [-0.3, -0.25) is 9.78 Å². The number of ether oxygens (including phenoxy) is 2. The lowest BCUT2D eigenvalue weighted by molar-refractivity contribution is -0.143. The van der Waals surface area contributed by atoms with Crippen LogP contribution in [0.5, 0.6) is 0 Å². The number of carbonyl (C=O) groups excluding carboxylic acids is 1. The molecule has 0 saturated carbocycles. The maximum Gasteiger partial charge on any atom is 0.407 e. The van der Waals surface area contributed by atoms with E-state index in [1.807, 2.05) is 64.1 Å². The average molecular weight is 611 g/mol. The van der Waals surface area contributed by atoms with E-state index in [0.29, 0.717) is 31.8 Å². The van der Waals surface area contributed by atoms with Gasteiger partial charge in [-0.05, 0) is 67.3 Å². The molecule has 0 bridgehead atoms. The van der Waals surface area contributed by atoms with Crippen LogP contribution < -0.4 is 5.32 Å². The second-order valence-electron chi connectivity index (χ2n) is 13.0. The first kappa shape index (κ1) is 33.9. The van der Waals surface area contributed by atoms with Crippen LogP contribution in [0.3, 0.4) is 0 Å². The van der Waals surface area contributed by atoms with Gasteiger partial charge in [-0.15, -0.1) is 5.10 Å². The molecular formula is C31H46N6O5Si. The monoisotopic (exact) mass is 610 g/mol. The molecule has 1 unspecified atom stereocenters. The summed E-state index contributed by atoms with van der Waals surface area (Å²) in [6.07, 6.45) is 2.98. The highest BCUT2D eigenvalue weighted by atomic mass is 28.3. The molecule has 3 aromatic rings. The van der Waals surface area contributed by atoms with Crippen molar-refractivity contribution in [1.29, 1.82) is 0 Å². The van der Waals surface area contributed by atoms with Gasteiger partial charge in [0, 0.05) is 38.9 Å². The van der Waals surface area contributed by atoms with Gasteiger partial charge >= 0.3 is 12.1 Å². The molecule has 2 heterocycles. The Kier molecular flexibility index (Phi) is 12.0. The first-order valence-corrected chi connectivity index (χ1v) is 18.5. The van der Waals surface area contributed by atoms with E-state index >= 15 is 0 Å². The third-order valence-electron chi connectivity index (χ3n) is 6.87. The van der Waals surface area contributed by atoms with Crippen LogP contribution in [-0.4, -0.2) is 62.6 Å². The molecular weight excluding hydrogens is 564 g/mol. The number of carboxylic acid groups (broad SMARTS) is 1. The molecule has 0 spiro atoms. The van der Waals surface area contributed by atoms with Crippen LogP contribution in [0.2, 0.25) is 25.7 Å². The van der Waals surface area contributed by atoms with Crippen molar-refractivity contribution < 1.29 is 24.2 Å². The molecule has 1 aromatic carbocycles. The van der Waals surface area contributed by atoms with E-state index in [4.69, 9.17) is 9.47 Å². The molecule has 12 heteroatoms. The van der Waals surface area contributed by atoms with Crippen LogP contribution in [0.1, 0.15) is 63.4 Å². The Hall–Kier alpha value is -3.64. The fraction of sp³-hybridized carbons (Fsp3) is 0.548. The smallest absolute Gasteiger partial charge is 0.407 e. The van der Waals surface area contributed by atoms with Gasteiger partial charge in [0.05, 0.1) is 11.6 Å². The number of rotatable bonds is 15. The van der Waals surface area contributed by atoms with Crippen molar-refractivity contribution in [1.82, 2.24) is 30.5 Å². The van der Waals surface area contributed by atoms with Gasteiger partial charge < -0.3 is 19.9 Å². The number of aliphatic carboxylic acids is 1. The lowest BCUT2D eigenvalue weighted by Crippen LogP contribution is -2.32. The van der Waals surface area contributed by atoms with Gasteiger partial charge in [0.1, 0.15) is 12.3 Å². The molecule has 1 amide bonds. The third-order valence-corrected chi connectivity index (χ3v) is 8.57. The summed E-state index contributed by atoms with van der Waals surface area (Å²) in [6.45, 7) is 15.5. The quantitative estimate of drug-likeness (QED) is 0.159. The van der Waals surface area contributed by atoms with Crippen LogP contribution in [0.4, 0.5) is 4.79 Å². The third kappa shape index (κ3) is 11.2. The van der Waals surface area contributed by atoms with Gasteiger partial charge in [0.15, 0.2) is 5.82 Å². The minimum atomic E-state index is -1.25. The minimum absolute atomic E-state index is 0.183. The Morgan fingerprint density at radius 2 is 1.77 bits per heavy atom. The summed E-state index contributed by atoms with van der Waals surface area (Å²) in [6, 6.07) is 12.7. The molecule has 0 saturated heterocycles. The van der Waals surface area contributed by atoms with E-state index < -0.39 is 37.6 Å². The van der Waals surface area contributed by atoms with Crippen molar-refractivity contribution in [3.05, 3.63) is 59.5 Å². The number of carboxylic acids is 1. The maximum atomic E-state index is 12.4. The summed E-state index contributed by atoms with van der Waals surface area (Å²) in [5.74, 6) is -1.46. The molecule has 2 aromatic heterocycles. The highest BCUT2D eigenvalue weighted by Gasteiger charge is 2.33. The number of amides is 1. The Morgan fingerprint density at radius 3 is 2.35 bits per heavy atom. The summed E-state index contributed by atoms with van der Waals surface area (Å²) < 4.78 is 12.8. The first-order valence-electron chi connectivity index (χ1n) is 14.8. The van der Waals surface area contributed by atoms with E-state index in [9.17, 15) is 14.7 Å². The number of tetrazole rings is 1. The normalized spacial score (nSPS) is 13.4. The van der Waals surface area contributed by atoms with Crippen LogP contribution in [-0.2, 0) is 34.0 Å². The van der Waals surface area contributed by atoms with Crippen molar-refractivity contribution in [3.8, 4) is 11.3 Å². The molecule has 0 aliphatic carbocycles. The second-order valence-corrected chi connectivity index (χ2v) is 18.7. The van der Waals surface area contributed by atoms with Gasteiger partial charge in [-0.2, -0.15) is 0 Å². The molecule has 2 N–H and O–H groups in total. The van der Waals surface area contributed by atoms with Gasteiger partial charge in [-0.1, -0.05) is 63.3 Å². The van der Waals surface area contributed by atoms with Gasteiger partial charge in [0.25, 0.3) is 0 Å². The molecule has 0 fully saturated rings. The number of pyridine rings is 1. The summed E-state index contributed by atoms with van der Waals surface area (Å²) in [5, 5.41) is 25.1. The lowest BCUT2D eigenvalue weighted by atomic mass is 9.83. The average Bonchev–Trinajstić information content (AvgIpc) is 3.39. The number of nitrogens with zero attached hydrogens (tertiary/aromatic N) is 5. The van der Waals surface area contributed by atoms with Crippen LogP contribution in [0.15, 0.2) is 42.6 Å². The number of aromatic nitrogens is 5. The van der Waals surface area contributed by atoms with Crippen molar-refractivity contribution in [2.24, 2.45) is 5.92 Å². The summed E-state index contributed by atoms with van der Waals surface area (Å²) >= 11 is 0. The number of alkyl carbamates (subject to hydrolysis) is 1. The molecule has 0 aliphatic rings. The molecule has 2 atom stereocenters. The lowest BCUT2D eigenvalue weighted by Gasteiger charge is -2.23. The fourth-order valence-electron chi connectivity index (χ4n) is 4.57. The van der Waals surface area contributed by atoms with E-state index in [1.54, 1.807) is 10.9 Å². The van der Waals surface area contributed by atoms with Crippen molar-refractivity contribution in [2.75, 3.05) is 6.61 Å². The van der Waals surface area contributed by atoms with Crippen LogP contribution in [0.25, 0.3) is 11.3 Å². The number of benzene rings is 1. The van der Waals surface area contributed by atoms with Crippen molar-refractivity contribution in [3.63, 3.8) is 0 Å². The SMILES string of the molecule is CCCC(C(=O)O)[C@H](Cc1ccc(-c2ccc(CNC(=O)OC(C)(C)C)cc2)nc1)c1nnnn1COCC[Si](C)(C)C. The summed E-state index contributed by atoms with van der Waals surface area (Å²) in [5.41, 5.74) is 3.00. The summed E-state index contributed by atoms with van der Waals surface area (Å²) in [7, 11) is -1.25. The number of carbonyl (C=O) groups is 2. The molecule has 43 heavy (non-hydrogen) atoms. The first-order chi connectivity index (χ1) is 20.3. The predicted molar refractivity (Wildman–Crippen MR) is 167 cm³/mol. The zero-order chi connectivity index (χ0) is 31.6. The van der Waals surface area contributed by atoms with Crippen molar-refractivity contribution in [2.45, 2.75) is 97.4 Å². The topological polar surface area (TPSA) is 141 Å². The highest BCUT2D eigenvalue weighted by molar-refractivity contribution is 6.76. The van der Waals surface area contributed by atoms with Gasteiger partial charge in [0.2, 0.25) is 0 Å².